The molecule has 0 aromatic carbocycles. The summed E-state index contributed by atoms with van der Waals surface area (Å²) in [5.41, 5.74) is 0. The molecule has 0 aliphatic rings. The van der Waals surface area contributed by atoms with Crippen molar-refractivity contribution in [3.8, 4) is 0 Å². The summed E-state index contributed by atoms with van der Waals surface area (Å²) in [5.74, 6) is 0. The molecule has 0 spiro atoms. The first kappa shape index (κ1) is 15.6. The maximum atomic E-state index is 2.51. The molecule has 0 nitrogen and oxygen atoms in total. The third kappa shape index (κ3) is 13.6. The van der Waals surface area contributed by atoms with E-state index >= 15 is 0 Å². The van der Waals surface area contributed by atoms with Crippen molar-refractivity contribution in [2.24, 2.45) is 0 Å². The fourth-order valence-electron chi connectivity index (χ4n) is 0.186. The zero-order valence-corrected chi connectivity index (χ0v) is 26.1. The minimum atomic E-state index is 0.798. The van der Waals surface area contributed by atoms with Crippen LogP contribution in [0.25, 0.3) is 0 Å². The molecule has 0 fully saturated rings. The summed E-state index contributed by atoms with van der Waals surface area (Å²) in [6, 6.07) is 0. The van der Waals surface area contributed by atoms with Gasteiger partial charge in [-0.2, -0.15) is 0 Å². The normalized spacial score (nSPS) is 18.9. The van der Waals surface area contributed by atoms with Gasteiger partial charge in [0, 0.05) is 0 Å². The van der Waals surface area contributed by atoms with Crippen LogP contribution in [-0.4, -0.2) is 121 Å². The molecule has 10 heteroatoms. The molecule has 0 radical (unpaired) electrons. The summed E-state index contributed by atoms with van der Waals surface area (Å²) in [7, 11) is 0. The van der Waals surface area contributed by atoms with Gasteiger partial charge >= 0.3 is 121 Å². The Balaban J connectivity index is 2.70. The van der Waals surface area contributed by atoms with Gasteiger partial charge in [0.25, 0.3) is 0 Å². The van der Waals surface area contributed by atoms with Crippen molar-refractivity contribution >= 4 is 121 Å². The molecule has 10 heavy (non-hydrogen) atoms. The Morgan fingerprint density at radius 3 is 2.20 bits per heavy atom. The molecule has 0 aliphatic carbocycles. The van der Waals surface area contributed by atoms with E-state index in [1.165, 1.54) is 0 Å². The zero-order valence-electron chi connectivity index (χ0n) is 5.02. The molecule has 0 aromatic heterocycles. The Bertz CT molecular complexity index is 64.4. The third-order valence-corrected chi connectivity index (χ3v) is 316. The van der Waals surface area contributed by atoms with Crippen molar-refractivity contribution < 1.29 is 0 Å². The molecule has 0 aliphatic heterocycles. The van der Waals surface area contributed by atoms with Crippen molar-refractivity contribution in [2.45, 2.75) is 0 Å². The van der Waals surface area contributed by atoms with Crippen molar-refractivity contribution in [1.29, 1.82) is 0 Å². The molecule has 0 rings (SSSR count). The molecular weight excluding hydrogens is 749 g/mol. The zero-order chi connectivity index (χ0) is 7.66. The topological polar surface area (TPSA) is 0 Å². The first-order valence-corrected chi connectivity index (χ1v) is 60.4. The average Bonchev–Trinajstić information content (AvgIpc) is 1.97. The van der Waals surface area contributed by atoms with Crippen LogP contribution in [0, 0.1) is 0 Å². The van der Waals surface area contributed by atoms with E-state index in [0.717, 1.165) is 92.4 Å². The fraction of sp³-hybridized carbons (Fsp3) is 0. The van der Waals surface area contributed by atoms with E-state index in [-0.39, 0.29) is 0 Å². The minimum absolute atomic E-state index is 0.798. The van der Waals surface area contributed by atoms with Gasteiger partial charge in [-0.3, -0.25) is 0 Å². The second-order valence-electron chi connectivity index (χ2n) is 0.993. The maximum absolute atomic E-state index is 2.51. The Hall–Kier alpha value is 5.58. The van der Waals surface area contributed by atoms with E-state index in [9.17, 15) is 0 Å². The summed E-state index contributed by atoms with van der Waals surface area (Å²) >= 11 is 11.9. The monoisotopic (exact) mass is 759 g/mol. The van der Waals surface area contributed by atoms with Crippen LogP contribution in [0.4, 0.5) is 0 Å². The third-order valence-electron chi connectivity index (χ3n) is 0.434. The molecule has 0 saturated heterocycles. The molecule has 60 valence electrons. The molecule has 0 saturated carbocycles. The van der Waals surface area contributed by atoms with E-state index in [1.54, 1.807) is 0 Å². The summed E-state index contributed by atoms with van der Waals surface area (Å²) < 4.78 is 0. The van der Waals surface area contributed by atoms with Gasteiger partial charge in [-0.15, -0.1) is 0 Å². The Morgan fingerprint density at radius 1 is 1.00 bits per heavy atom. The molecular formula is H10As10. The second-order valence-corrected chi connectivity index (χ2v) is 139. The number of rotatable bonds is 7. The predicted octanol–water partition coefficient (Wildman–Crippen LogP) is -6.48. The molecule has 0 aromatic rings. The van der Waals surface area contributed by atoms with E-state index in [0.29, 0.717) is 0 Å². The van der Waals surface area contributed by atoms with Gasteiger partial charge in [-0.05, 0) is 0 Å². The van der Waals surface area contributed by atoms with E-state index < -0.39 is 0 Å². The molecule has 8 unspecified atom stereocenters. The van der Waals surface area contributed by atoms with Gasteiger partial charge < -0.3 is 0 Å². The van der Waals surface area contributed by atoms with Gasteiger partial charge in [0.2, 0.25) is 0 Å². The van der Waals surface area contributed by atoms with E-state index in [2.05, 4.69) is 29.0 Å². The van der Waals surface area contributed by atoms with Crippen molar-refractivity contribution in [1.82, 2.24) is 0 Å². The van der Waals surface area contributed by atoms with Crippen LogP contribution in [0.1, 0.15) is 0 Å². The van der Waals surface area contributed by atoms with Crippen molar-refractivity contribution in [3.63, 3.8) is 0 Å². The van der Waals surface area contributed by atoms with Crippen molar-refractivity contribution in [2.75, 3.05) is 0 Å². The van der Waals surface area contributed by atoms with E-state index in [4.69, 9.17) is 0 Å². The second kappa shape index (κ2) is 14.6. The van der Waals surface area contributed by atoms with Crippen LogP contribution < -0.4 is 0 Å². The predicted molar refractivity (Wildman–Crippen MR) is 71.5 cm³/mol. The Kier molecular flexibility index (Phi) is 22.7. The average molecular weight is 759 g/mol. The summed E-state index contributed by atoms with van der Waals surface area (Å²) in [6.45, 7) is 0. The molecule has 0 bridgehead atoms. The van der Waals surface area contributed by atoms with E-state index in [1.807, 2.05) is 0 Å². The fourth-order valence-corrected chi connectivity index (χ4v) is 704. The van der Waals surface area contributed by atoms with Crippen LogP contribution in [0.3, 0.4) is 0 Å². The first-order chi connectivity index (χ1) is 4.91. The van der Waals surface area contributed by atoms with Gasteiger partial charge in [-0.25, -0.2) is 0 Å². The molecule has 0 N–H and O–H groups in total. The molecule has 0 heterocycles. The van der Waals surface area contributed by atoms with Crippen LogP contribution in [-0.2, 0) is 0 Å². The first-order valence-electron chi connectivity index (χ1n) is 2.24. The van der Waals surface area contributed by atoms with Crippen LogP contribution in [0.5, 0.6) is 0 Å². The van der Waals surface area contributed by atoms with Crippen LogP contribution in [0.15, 0.2) is 0 Å². The molecule has 0 amide bonds. The Morgan fingerprint density at radius 2 is 1.60 bits per heavy atom. The quantitative estimate of drug-likeness (QED) is 0.179. The molecule has 8 atom stereocenters. The summed E-state index contributed by atoms with van der Waals surface area (Å²) in [5, 5.41) is 0. The summed E-state index contributed by atoms with van der Waals surface area (Å²) in [4.78, 5) is 0. The van der Waals surface area contributed by atoms with Crippen LogP contribution >= 0.6 is 0 Å². The standard InChI is InChI=1S/As10H10/c1-3-5-7-9-10-8-6-4-2/h1,4-10H,2H2. The van der Waals surface area contributed by atoms with Gasteiger partial charge in [-0.1, -0.05) is 0 Å². The Labute approximate surface area is 118 Å². The SMILES string of the molecule is [AsH]=[As][AsH][AsH][AsH][AsH][AsH][AsH][AsH][AsH2]. The number of hydrogen-bond donors (Lipinski definition) is 0. The van der Waals surface area contributed by atoms with Gasteiger partial charge in [0.1, 0.15) is 0 Å². The number of hydrogen-bond acceptors (Lipinski definition) is 0. The van der Waals surface area contributed by atoms with Crippen LogP contribution in [0.2, 0.25) is 0 Å². The van der Waals surface area contributed by atoms with Gasteiger partial charge in [0.15, 0.2) is 0 Å². The van der Waals surface area contributed by atoms with Gasteiger partial charge in [0.05, 0.1) is 0 Å². The van der Waals surface area contributed by atoms with Crippen molar-refractivity contribution in [3.05, 3.63) is 0 Å². The summed E-state index contributed by atoms with van der Waals surface area (Å²) in [6.07, 6.45) is 0.